The van der Waals surface area contributed by atoms with Gasteiger partial charge in [-0.05, 0) is 37.1 Å². The highest BCUT2D eigenvalue weighted by Crippen LogP contribution is 2.22. The number of hydrazone groups is 1. The van der Waals surface area contributed by atoms with Gasteiger partial charge in [-0.25, -0.2) is 5.43 Å². The van der Waals surface area contributed by atoms with Crippen LogP contribution in [-0.2, 0) is 0 Å². The summed E-state index contributed by atoms with van der Waals surface area (Å²) >= 11 is 11.8. The van der Waals surface area contributed by atoms with Crippen molar-refractivity contribution in [1.82, 2.24) is 5.43 Å². The molecular formula is C16H15Cl2N3O2. The topological polar surface area (TPSA) is 57.8 Å². The van der Waals surface area contributed by atoms with E-state index in [1.807, 2.05) is 12.1 Å². The normalized spacial score (nSPS) is 14.6. The Hall–Kier alpha value is -1.98. The summed E-state index contributed by atoms with van der Waals surface area (Å²) in [4.78, 5) is 14.2. The molecule has 2 heterocycles. The number of carbonyl (C=O) groups is 1. The Kier molecular flexibility index (Phi) is 4.88. The first-order chi connectivity index (χ1) is 11.1. The highest BCUT2D eigenvalue weighted by molar-refractivity contribution is 6.36. The number of nitrogens with zero attached hydrogens (tertiary/aromatic N) is 2. The van der Waals surface area contributed by atoms with Crippen LogP contribution in [0.5, 0.6) is 0 Å². The second kappa shape index (κ2) is 7.06. The van der Waals surface area contributed by atoms with Crippen LogP contribution in [-0.4, -0.2) is 25.2 Å². The molecule has 23 heavy (non-hydrogen) atoms. The lowest BCUT2D eigenvalue weighted by Crippen LogP contribution is -2.18. The fourth-order valence-corrected chi connectivity index (χ4v) is 2.90. The molecule has 120 valence electrons. The Morgan fingerprint density at radius 1 is 1.22 bits per heavy atom. The van der Waals surface area contributed by atoms with Gasteiger partial charge in [-0.2, -0.15) is 5.10 Å². The number of benzene rings is 1. The second-order valence-electron chi connectivity index (χ2n) is 5.19. The van der Waals surface area contributed by atoms with Crippen molar-refractivity contribution < 1.29 is 9.21 Å². The van der Waals surface area contributed by atoms with Crippen LogP contribution in [0.4, 0.5) is 5.88 Å². The minimum Gasteiger partial charge on any atom is -0.440 e. The van der Waals surface area contributed by atoms with Crippen molar-refractivity contribution in [2.45, 2.75) is 12.8 Å². The van der Waals surface area contributed by atoms with Crippen molar-refractivity contribution >= 4 is 41.2 Å². The Bertz CT molecular complexity index is 737. The van der Waals surface area contributed by atoms with Crippen molar-refractivity contribution in [3.05, 3.63) is 51.7 Å². The predicted molar refractivity (Wildman–Crippen MR) is 91.7 cm³/mol. The fourth-order valence-electron chi connectivity index (χ4n) is 2.41. The monoisotopic (exact) mass is 351 g/mol. The van der Waals surface area contributed by atoms with Crippen LogP contribution in [0.15, 0.2) is 39.9 Å². The van der Waals surface area contributed by atoms with Gasteiger partial charge in [0.15, 0.2) is 5.88 Å². The molecule has 1 aliphatic heterocycles. The number of amides is 1. The van der Waals surface area contributed by atoms with E-state index in [9.17, 15) is 4.79 Å². The quantitative estimate of drug-likeness (QED) is 0.670. The Labute approximate surface area is 143 Å². The van der Waals surface area contributed by atoms with E-state index < -0.39 is 5.91 Å². The standard InChI is InChI=1S/C16H15Cl2N3O2/c17-11-3-5-13(14(18)9-11)16(22)20-19-10-12-4-6-15(23-12)21-7-1-2-8-21/h3-6,9-10H,1-2,7-8H2,(H,20,22)/b19-10-. The number of nitrogens with one attached hydrogen (secondary N) is 1. The summed E-state index contributed by atoms with van der Waals surface area (Å²) in [5.41, 5.74) is 2.73. The third-order valence-electron chi connectivity index (χ3n) is 3.56. The zero-order chi connectivity index (χ0) is 16.2. The lowest BCUT2D eigenvalue weighted by molar-refractivity contribution is 0.0955. The molecule has 1 aliphatic rings. The molecule has 1 aromatic heterocycles. The van der Waals surface area contributed by atoms with Crippen LogP contribution in [0, 0.1) is 0 Å². The molecule has 0 atom stereocenters. The molecule has 0 aliphatic carbocycles. The molecule has 5 nitrogen and oxygen atoms in total. The molecule has 0 bridgehead atoms. The first-order valence-corrected chi connectivity index (χ1v) is 8.02. The van der Waals surface area contributed by atoms with Crippen molar-refractivity contribution in [3.63, 3.8) is 0 Å². The molecule has 0 radical (unpaired) electrons. The smallest absolute Gasteiger partial charge is 0.272 e. The average Bonchev–Trinajstić information content (AvgIpc) is 3.18. The van der Waals surface area contributed by atoms with E-state index in [-0.39, 0.29) is 5.02 Å². The van der Waals surface area contributed by atoms with Crippen molar-refractivity contribution in [2.75, 3.05) is 18.0 Å². The van der Waals surface area contributed by atoms with Crippen LogP contribution in [0.25, 0.3) is 0 Å². The summed E-state index contributed by atoms with van der Waals surface area (Å²) in [5.74, 6) is 1.000. The van der Waals surface area contributed by atoms with Crippen molar-refractivity contribution in [3.8, 4) is 0 Å². The molecule has 1 N–H and O–H groups in total. The Balaban J connectivity index is 1.61. The van der Waals surface area contributed by atoms with E-state index in [0.717, 1.165) is 19.0 Å². The second-order valence-corrected chi connectivity index (χ2v) is 6.04. The number of hydrogen-bond acceptors (Lipinski definition) is 4. The van der Waals surface area contributed by atoms with Gasteiger partial charge in [0, 0.05) is 24.2 Å². The van der Waals surface area contributed by atoms with Gasteiger partial charge < -0.3 is 9.32 Å². The molecule has 7 heteroatoms. The van der Waals surface area contributed by atoms with Crippen LogP contribution in [0.3, 0.4) is 0 Å². The van der Waals surface area contributed by atoms with Gasteiger partial charge in [-0.1, -0.05) is 23.2 Å². The molecule has 1 fully saturated rings. The van der Waals surface area contributed by atoms with Gasteiger partial charge in [0.1, 0.15) is 5.76 Å². The summed E-state index contributed by atoms with van der Waals surface area (Å²) < 4.78 is 5.68. The van der Waals surface area contributed by atoms with Gasteiger partial charge in [-0.3, -0.25) is 4.79 Å². The number of furan rings is 1. The van der Waals surface area contributed by atoms with E-state index in [0.29, 0.717) is 16.3 Å². The van der Waals surface area contributed by atoms with Gasteiger partial charge in [0.05, 0.1) is 16.8 Å². The zero-order valence-electron chi connectivity index (χ0n) is 12.3. The molecule has 1 saturated heterocycles. The zero-order valence-corrected chi connectivity index (χ0v) is 13.8. The van der Waals surface area contributed by atoms with Gasteiger partial charge in [0.2, 0.25) is 0 Å². The van der Waals surface area contributed by atoms with Crippen molar-refractivity contribution in [1.29, 1.82) is 0 Å². The summed E-state index contributed by atoms with van der Waals surface area (Å²) in [5, 5.41) is 4.64. The summed E-state index contributed by atoms with van der Waals surface area (Å²) in [7, 11) is 0. The van der Waals surface area contributed by atoms with Crippen molar-refractivity contribution in [2.24, 2.45) is 5.10 Å². The summed E-state index contributed by atoms with van der Waals surface area (Å²) in [6.07, 6.45) is 3.82. The third kappa shape index (κ3) is 3.86. The fraction of sp³-hybridized carbons (Fsp3) is 0.250. The lowest BCUT2D eigenvalue weighted by Gasteiger charge is -2.12. The first-order valence-electron chi connectivity index (χ1n) is 7.27. The maximum Gasteiger partial charge on any atom is 0.272 e. The molecule has 0 saturated carbocycles. The summed E-state index contributed by atoms with van der Waals surface area (Å²) in [6, 6.07) is 8.38. The number of halogens is 2. The molecule has 0 spiro atoms. The van der Waals surface area contributed by atoms with Crippen LogP contribution < -0.4 is 10.3 Å². The highest BCUT2D eigenvalue weighted by Gasteiger charge is 2.15. The maximum atomic E-state index is 12.0. The molecule has 1 aromatic carbocycles. The van der Waals surface area contributed by atoms with Gasteiger partial charge >= 0.3 is 0 Å². The SMILES string of the molecule is O=C(N/N=C\c1ccc(N2CCCC2)o1)c1ccc(Cl)cc1Cl. The molecule has 0 unspecified atom stereocenters. The van der Waals surface area contributed by atoms with Crippen LogP contribution in [0.1, 0.15) is 29.0 Å². The number of hydrogen-bond donors (Lipinski definition) is 1. The lowest BCUT2D eigenvalue weighted by atomic mass is 10.2. The average molecular weight is 352 g/mol. The highest BCUT2D eigenvalue weighted by atomic mass is 35.5. The predicted octanol–water partition coefficient (Wildman–Crippen LogP) is 3.95. The van der Waals surface area contributed by atoms with Gasteiger partial charge in [0.25, 0.3) is 5.91 Å². The minimum atomic E-state index is -0.408. The van der Waals surface area contributed by atoms with Crippen LogP contribution in [0.2, 0.25) is 10.0 Å². The largest absolute Gasteiger partial charge is 0.440 e. The van der Waals surface area contributed by atoms with Gasteiger partial charge in [-0.15, -0.1) is 0 Å². The summed E-state index contributed by atoms with van der Waals surface area (Å²) in [6.45, 7) is 2.02. The number of rotatable bonds is 4. The molecular weight excluding hydrogens is 337 g/mol. The molecule has 3 rings (SSSR count). The van der Waals surface area contributed by atoms with Crippen LogP contribution >= 0.6 is 23.2 Å². The number of anilines is 1. The van der Waals surface area contributed by atoms with E-state index in [2.05, 4.69) is 15.4 Å². The van der Waals surface area contributed by atoms with E-state index in [1.165, 1.54) is 25.1 Å². The van der Waals surface area contributed by atoms with E-state index in [4.69, 9.17) is 27.6 Å². The third-order valence-corrected chi connectivity index (χ3v) is 4.11. The maximum absolute atomic E-state index is 12.0. The Morgan fingerprint density at radius 2 is 2.00 bits per heavy atom. The number of carbonyl (C=O) groups excluding carboxylic acids is 1. The first kappa shape index (κ1) is 15.9. The molecule has 2 aromatic rings. The van der Waals surface area contributed by atoms with E-state index >= 15 is 0 Å². The Morgan fingerprint density at radius 3 is 2.74 bits per heavy atom. The minimum absolute atomic E-state index is 0.277. The van der Waals surface area contributed by atoms with E-state index in [1.54, 1.807) is 12.1 Å². The molecule has 1 amide bonds.